The van der Waals surface area contributed by atoms with Crippen molar-refractivity contribution in [2.75, 3.05) is 25.0 Å². The van der Waals surface area contributed by atoms with E-state index in [1.165, 1.54) is 28.9 Å². The van der Waals surface area contributed by atoms with Gasteiger partial charge < -0.3 is 15.1 Å². The van der Waals surface area contributed by atoms with Crippen molar-refractivity contribution < 1.29 is 23.6 Å². The monoisotopic (exact) mass is 397 g/mol. The maximum absolute atomic E-state index is 13.0. The zero-order valence-corrected chi connectivity index (χ0v) is 15.9. The van der Waals surface area contributed by atoms with Crippen molar-refractivity contribution in [1.29, 1.82) is 0 Å². The number of halogens is 1. The first-order valence-electron chi connectivity index (χ1n) is 9.07. The van der Waals surface area contributed by atoms with Crippen LogP contribution in [0.25, 0.3) is 0 Å². The molecule has 2 aromatic carbocycles. The van der Waals surface area contributed by atoms with E-state index in [-0.39, 0.29) is 37.8 Å². The second-order valence-electron chi connectivity index (χ2n) is 6.77. The second-order valence-corrected chi connectivity index (χ2v) is 6.77. The van der Waals surface area contributed by atoms with Crippen molar-refractivity contribution in [1.82, 2.24) is 9.80 Å². The first-order valence-corrected chi connectivity index (χ1v) is 9.07. The standard InChI is InChI=1S/C21H20FN3O4/c1-14(26)16-3-2-4-18(11-16)23-19(27)13-25-10-9-24(20(28)21(25)29)12-15-5-7-17(22)8-6-15/h2-8,11H,9-10,12-13H2,1H3,(H,23,27). The molecule has 3 amide bonds. The lowest BCUT2D eigenvalue weighted by atomic mass is 10.1. The number of nitrogens with zero attached hydrogens (tertiary/aromatic N) is 2. The minimum absolute atomic E-state index is 0.126. The lowest BCUT2D eigenvalue weighted by Gasteiger charge is -2.33. The summed E-state index contributed by atoms with van der Waals surface area (Å²) in [6.45, 7) is 1.85. The van der Waals surface area contributed by atoms with Crippen LogP contribution in [0, 0.1) is 5.82 Å². The summed E-state index contributed by atoms with van der Waals surface area (Å²) in [5.74, 6) is -2.42. The highest BCUT2D eigenvalue weighted by molar-refractivity contribution is 6.35. The van der Waals surface area contributed by atoms with Crippen LogP contribution in [-0.2, 0) is 20.9 Å². The molecule has 3 rings (SSSR count). The molecule has 1 saturated heterocycles. The van der Waals surface area contributed by atoms with Gasteiger partial charge in [-0.1, -0.05) is 24.3 Å². The smallest absolute Gasteiger partial charge is 0.312 e. The van der Waals surface area contributed by atoms with E-state index in [0.29, 0.717) is 16.8 Å². The van der Waals surface area contributed by atoms with Gasteiger partial charge in [-0.05, 0) is 36.8 Å². The number of rotatable bonds is 6. The highest BCUT2D eigenvalue weighted by Gasteiger charge is 2.33. The zero-order chi connectivity index (χ0) is 21.0. The van der Waals surface area contributed by atoms with Crippen LogP contribution in [0.1, 0.15) is 22.8 Å². The number of nitrogens with one attached hydrogen (secondary N) is 1. The maximum Gasteiger partial charge on any atom is 0.312 e. The van der Waals surface area contributed by atoms with E-state index in [9.17, 15) is 23.6 Å². The molecular formula is C21H20FN3O4. The van der Waals surface area contributed by atoms with Crippen molar-refractivity contribution in [3.05, 3.63) is 65.5 Å². The molecule has 0 unspecified atom stereocenters. The third kappa shape index (κ3) is 5.04. The first-order chi connectivity index (χ1) is 13.8. The molecule has 0 aromatic heterocycles. The summed E-state index contributed by atoms with van der Waals surface area (Å²) >= 11 is 0. The Labute approximate surface area is 167 Å². The molecule has 0 atom stereocenters. The number of carbonyl (C=O) groups is 4. The van der Waals surface area contributed by atoms with Crippen LogP contribution >= 0.6 is 0 Å². The number of amides is 3. The van der Waals surface area contributed by atoms with Gasteiger partial charge in [0.05, 0.1) is 0 Å². The van der Waals surface area contributed by atoms with Gasteiger partial charge in [0.15, 0.2) is 5.78 Å². The molecule has 29 heavy (non-hydrogen) atoms. The minimum atomic E-state index is -0.758. The average molecular weight is 397 g/mol. The molecular weight excluding hydrogens is 377 g/mol. The lowest BCUT2D eigenvalue weighted by molar-refractivity contribution is -0.157. The lowest BCUT2D eigenvalue weighted by Crippen LogP contribution is -2.55. The fraction of sp³-hybridized carbons (Fsp3) is 0.238. The molecule has 1 aliphatic rings. The number of piperazine rings is 1. The normalized spacial score (nSPS) is 14.1. The van der Waals surface area contributed by atoms with Gasteiger partial charge in [-0.3, -0.25) is 19.2 Å². The number of anilines is 1. The zero-order valence-electron chi connectivity index (χ0n) is 15.9. The van der Waals surface area contributed by atoms with Crippen molar-refractivity contribution in [2.24, 2.45) is 0 Å². The van der Waals surface area contributed by atoms with Crippen molar-refractivity contribution in [3.8, 4) is 0 Å². The fourth-order valence-electron chi connectivity index (χ4n) is 3.02. The summed E-state index contributed by atoms with van der Waals surface area (Å²) in [7, 11) is 0. The van der Waals surface area contributed by atoms with E-state index >= 15 is 0 Å². The Morgan fingerprint density at radius 1 is 1.00 bits per heavy atom. The van der Waals surface area contributed by atoms with Gasteiger partial charge in [-0.2, -0.15) is 0 Å². The van der Waals surface area contributed by atoms with Gasteiger partial charge in [0.2, 0.25) is 5.91 Å². The predicted octanol–water partition coefficient (Wildman–Crippen LogP) is 1.84. The molecule has 0 bridgehead atoms. The molecule has 1 fully saturated rings. The van der Waals surface area contributed by atoms with Crippen LogP contribution in [0.4, 0.5) is 10.1 Å². The molecule has 2 aromatic rings. The summed E-state index contributed by atoms with van der Waals surface area (Å²) in [4.78, 5) is 51.0. The molecule has 7 nitrogen and oxygen atoms in total. The fourth-order valence-corrected chi connectivity index (χ4v) is 3.02. The van der Waals surface area contributed by atoms with Gasteiger partial charge in [-0.15, -0.1) is 0 Å². The SMILES string of the molecule is CC(=O)c1cccc(NC(=O)CN2CCN(Cc3ccc(F)cc3)C(=O)C2=O)c1. The molecule has 8 heteroatoms. The summed E-state index contributed by atoms with van der Waals surface area (Å²) in [5, 5.41) is 2.63. The second kappa shape index (κ2) is 8.64. The van der Waals surface area contributed by atoms with Crippen LogP contribution in [0.3, 0.4) is 0 Å². The quantitative estimate of drug-likeness (QED) is 0.595. The van der Waals surface area contributed by atoms with E-state index < -0.39 is 17.7 Å². The number of carbonyl (C=O) groups excluding carboxylic acids is 4. The molecule has 0 saturated carbocycles. The molecule has 1 aliphatic heterocycles. The maximum atomic E-state index is 13.0. The van der Waals surface area contributed by atoms with E-state index in [1.807, 2.05) is 0 Å². The van der Waals surface area contributed by atoms with Crippen LogP contribution in [-0.4, -0.2) is 52.9 Å². The van der Waals surface area contributed by atoms with Crippen molar-refractivity contribution >= 4 is 29.2 Å². The number of Topliss-reactive ketones (excluding diaryl/α,β-unsaturated/α-hetero) is 1. The molecule has 0 spiro atoms. The molecule has 0 radical (unpaired) electrons. The molecule has 0 aliphatic carbocycles. The topological polar surface area (TPSA) is 86.8 Å². The Hall–Kier alpha value is -3.55. The number of hydrogen-bond acceptors (Lipinski definition) is 4. The largest absolute Gasteiger partial charge is 0.328 e. The van der Waals surface area contributed by atoms with Crippen LogP contribution in [0.5, 0.6) is 0 Å². The van der Waals surface area contributed by atoms with E-state index in [2.05, 4.69) is 5.32 Å². The highest BCUT2D eigenvalue weighted by atomic mass is 19.1. The van der Waals surface area contributed by atoms with E-state index in [4.69, 9.17) is 0 Å². The summed E-state index contributed by atoms with van der Waals surface area (Å²) in [6.07, 6.45) is 0. The third-order valence-corrected chi connectivity index (χ3v) is 4.57. The molecule has 1 heterocycles. The molecule has 150 valence electrons. The first kappa shape index (κ1) is 20.2. The van der Waals surface area contributed by atoms with Crippen molar-refractivity contribution in [2.45, 2.75) is 13.5 Å². The Kier molecular flexibility index (Phi) is 6.01. The Morgan fingerprint density at radius 3 is 2.34 bits per heavy atom. The van der Waals surface area contributed by atoms with Gasteiger partial charge in [0.1, 0.15) is 12.4 Å². The highest BCUT2D eigenvalue weighted by Crippen LogP contribution is 2.13. The summed E-state index contributed by atoms with van der Waals surface area (Å²) in [6, 6.07) is 12.2. The third-order valence-electron chi connectivity index (χ3n) is 4.57. The molecule has 1 N–H and O–H groups in total. The van der Waals surface area contributed by atoms with Crippen LogP contribution < -0.4 is 5.32 Å². The average Bonchev–Trinajstić information content (AvgIpc) is 2.69. The number of ketones is 1. The van der Waals surface area contributed by atoms with Gasteiger partial charge in [-0.25, -0.2) is 4.39 Å². The Morgan fingerprint density at radius 2 is 1.66 bits per heavy atom. The van der Waals surface area contributed by atoms with E-state index in [1.54, 1.807) is 36.4 Å². The predicted molar refractivity (Wildman–Crippen MR) is 103 cm³/mol. The van der Waals surface area contributed by atoms with Gasteiger partial charge >= 0.3 is 11.8 Å². The van der Waals surface area contributed by atoms with Crippen LogP contribution in [0.15, 0.2) is 48.5 Å². The van der Waals surface area contributed by atoms with Crippen LogP contribution in [0.2, 0.25) is 0 Å². The van der Waals surface area contributed by atoms with Crippen molar-refractivity contribution in [3.63, 3.8) is 0 Å². The van der Waals surface area contributed by atoms with Gasteiger partial charge in [0, 0.05) is 30.9 Å². The minimum Gasteiger partial charge on any atom is -0.328 e. The summed E-state index contributed by atoms with van der Waals surface area (Å²) < 4.78 is 13.0. The number of benzene rings is 2. The van der Waals surface area contributed by atoms with E-state index in [0.717, 1.165) is 0 Å². The van der Waals surface area contributed by atoms with Gasteiger partial charge in [0.25, 0.3) is 0 Å². The Bertz CT molecular complexity index is 959. The number of hydrogen-bond donors (Lipinski definition) is 1. The summed E-state index contributed by atoms with van der Waals surface area (Å²) in [5.41, 5.74) is 1.61. The Balaban J connectivity index is 1.57.